The molecular weight excluding hydrogens is 246 g/mol. The van der Waals surface area contributed by atoms with E-state index in [0.717, 1.165) is 4.21 Å². The number of thioether (sulfide) groups is 1. The highest BCUT2D eigenvalue weighted by Gasteiger charge is 2.13. The van der Waals surface area contributed by atoms with Crippen LogP contribution in [0.4, 0.5) is 0 Å². The van der Waals surface area contributed by atoms with Crippen LogP contribution >= 0.6 is 23.1 Å². The molecule has 2 amide bonds. The van der Waals surface area contributed by atoms with E-state index in [-0.39, 0.29) is 5.91 Å². The molecule has 16 heavy (non-hydrogen) atoms. The van der Waals surface area contributed by atoms with Gasteiger partial charge in [-0.15, -0.1) is 23.1 Å². The zero-order valence-electron chi connectivity index (χ0n) is 8.66. The Morgan fingerprint density at radius 1 is 1.50 bits per heavy atom. The average Bonchev–Trinajstić information content (AvgIpc) is 2.68. The second-order valence-corrected chi connectivity index (χ2v) is 4.89. The Labute approximate surface area is 101 Å². The smallest absolute Gasteiger partial charge is 0.274 e. The van der Waals surface area contributed by atoms with Crippen LogP contribution in [0.2, 0.25) is 0 Å². The highest BCUT2D eigenvalue weighted by Crippen LogP contribution is 2.29. The van der Waals surface area contributed by atoms with Crippen molar-refractivity contribution in [2.24, 2.45) is 0 Å². The first-order chi connectivity index (χ1) is 7.58. The van der Waals surface area contributed by atoms with Crippen LogP contribution in [0.15, 0.2) is 10.3 Å². The molecule has 1 aromatic heterocycles. The van der Waals surface area contributed by atoms with Gasteiger partial charge in [-0.25, -0.2) is 0 Å². The number of rotatable bonds is 2. The van der Waals surface area contributed by atoms with Crippen LogP contribution in [-0.4, -0.2) is 18.1 Å². The van der Waals surface area contributed by atoms with Crippen LogP contribution in [-0.2, 0) is 4.79 Å². The molecule has 1 rings (SSSR count). The number of carbonyl (C=O) groups excluding carboxylic acids is 2. The van der Waals surface area contributed by atoms with E-state index >= 15 is 0 Å². The van der Waals surface area contributed by atoms with Gasteiger partial charge < -0.3 is 0 Å². The monoisotopic (exact) mass is 255 g/mol. The molecule has 84 valence electrons. The van der Waals surface area contributed by atoms with Gasteiger partial charge in [0, 0.05) is 6.92 Å². The van der Waals surface area contributed by atoms with Gasteiger partial charge in [0.1, 0.15) is 6.07 Å². The van der Waals surface area contributed by atoms with Crippen molar-refractivity contribution in [3.05, 3.63) is 16.5 Å². The van der Waals surface area contributed by atoms with Crippen LogP contribution in [0.25, 0.3) is 0 Å². The topological polar surface area (TPSA) is 82.0 Å². The van der Waals surface area contributed by atoms with E-state index < -0.39 is 5.91 Å². The van der Waals surface area contributed by atoms with E-state index in [4.69, 9.17) is 5.26 Å². The lowest BCUT2D eigenvalue weighted by Crippen LogP contribution is -2.39. The van der Waals surface area contributed by atoms with E-state index in [9.17, 15) is 9.59 Å². The minimum absolute atomic E-state index is 0.351. The first kappa shape index (κ1) is 12.5. The van der Waals surface area contributed by atoms with Crippen molar-refractivity contribution >= 4 is 34.9 Å². The Balaban J connectivity index is 2.81. The summed E-state index contributed by atoms with van der Waals surface area (Å²) >= 11 is 2.63. The molecule has 0 aliphatic carbocycles. The van der Waals surface area contributed by atoms with Gasteiger partial charge in [-0.2, -0.15) is 5.26 Å². The highest BCUT2D eigenvalue weighted by atomic mass is 32.2. The molecule has 2 N–H and O–H groups in total. The lowest BCUT2D eigenvalue weighted by molar-refractivity contribution is -0.119. The number of hydrogen-bond acceptors (Lipinski definition) is 5. The third-order valence-electron chi connectivity index (χ3n) is 1.58. The summed E-state index contributed by atoms with van der Waals surface area (Å²) < 4.78 is 0.787. The van der Waals surface area contributed by atoms with Gasteiger partial charge in [0.25, 0.3) is 5.91 Å². The average molecular weight is 255 g/mol. The molecule has 0 spiro atoms. The maximum atomic E-state index is 11.5. The van der Waals surface area contributed by atoms with Crippen molar-refractivity contribution in [2.75, 3.05) is 6.26 Å². The number of amides is 2. The Bertz CT molecular complexity index is 462. The summed E-state index contributed by atoms with van der Waals surface area (Å²) in [5.41, 5.74) is 4.90. The van der Waals surface area contributed by atoms with E-state index in [1.807, 2.05) is 12.3 Å². The number of nitrogens with zero attached hydrogens (tertiary/aromatic N) is 1. The molecule has 7 heteroatoms. The number of nitriles is 1. The Kier molecular flexibility index (Phi) is 4.34. The fourth-order valence-electron chi connectivity index (χ4n) is 0.922. The van der Waals surface area contributed by atoms with E-state index in [2.05, 4.69) is 10.9 Å². The summed E-state index contributed by atoms with van der Waals surface area (Å²) in [5.74, 6) is -0.771. The quantitative estimate of drug-likeness (QED) is 0.613. The van der Waals surface area contributed by atoms with E-state index in [1.165, 1.54) is 36.1 Å². The normalized spacial score (nSPS) is 9.31. The Morgan fingerprint density at radius 2 is 2.19 bits per heavy atom. The molecule has 0 fully saturated rings. The number of carbonyl (C=O) groups is 2. The molecule has 5 nitrogen and oxygen atoms in total. The molecule has 0 bridgehead atoms. The first-order valence-electron chi connectivity index (χ1n) is 4.23. The van der Waals surface area contributed by atoms with Crippen LogP contribution in [0.3, 0.4) is 0 Å². The van der Waals surface area contributed by atoms with Gasteiger partial charge in [0.15, 0.2) is 0 Å². The van der Waals surface area contributed by atoms with Crippen molar-refractivity contribution in [2.45, 2.75) is 11.1 Å². The molecule has 1 aromatic rings. The largest absolute Gasteiger partial charge is 0.279 e. The number of thiophene rings is 1. The van der Waals surface area contributed by atoms with Crippen molar-refractivity contribution < 1.29 is 9.59 Å². The van der Waals surface area contributed by atoms with Gasteiger partial charge in [-0.1, -0.05) is 0 Å². The van der Waals surface area contributed by atoms with Gasteiger partial charge in [-0.05, 0) is 12.3 Å². The van der Waals surface area contributed by atoms with Crippen molar-refractivity contribution in [3.8, 4) is 6.07 Å². The zero-order chi connectivity index (χ0) is 12.1. The standard InChI is InChI=1S/C9H9N3O2S2/c1-5(13)11-12-8(14)7-3-6(4-10)9(15-2)16-7/h3H,1-2H3,(H,11,13)(H,12,14). The maximum absolute atomic E-state index is 11.5. The van der Waals surface area contributed by atoms with E-state index in [0.29, 0.717) is 10.4 Å². The van der Waals surface area contributed by atoms with Crippen LogP contribution in [0.5, 0.6) is 0 Å². The number of hydrogen-bond donors (Lipinski definition) is 2. The third kappa shape index (κ3) is 2.98. The van der Waals surface area contributed by atoms with Crippen molar-refractivity contribution in [1.82, 2.24) is 10.9 Å². The molecule has 0 unspecified atom stereocenters. The lowest BCUT2D eigenvalue weighted by atomic mass is 10.3. The molecule has 0 radical (unpaired) electrons. The zero-order valence-corrected chi connectivity index (χ0v) is 10.3. The number of hydrazine groups is 1. The fraction of sp³-hybridized carbons (Fsp3) is 0.222. The van der Waals surface area contributed by atoms with Crippen molar-refractivity contribution in [1.29, 1.82) is 5.26 Å². The summed E-state index contributed by atoms with van der Waals surface area (Å²) in [6.07, 6.45) is 1.84. The van der Waals surface area contributed by atoms with Crippen LogP contribution < -0.4 is 10.9 Å². The molecule has 0 aliphatic heterocycles. The van der Waals surface area contributed by atoms with Gasteiger partial charge in [0.2, 0.25) is 5.91 Å². The Morgan fingerprint density at radius 3 is 2.62 bits per heavy atom. The van der Waals surface area contributed by atoms with Gasteiger partial charge >= 0.3 is 0 Å². The van der Waals surface area contributed by atoms with Gasteiger partial charge in [0.05, 0.1) is 14.6 Å². The van der Waals surface area contributed by atoms with Gasteiger partial charge in [-0.3, -0.25) is 20.4 Å². The minimum atomic E-state index is -0.419. The third-order valence-corrected chi connectivity index (χ3v) is 3.85. The fourth-order valence-corrected chi connectivity index (χ4v) is 2.58. The Hall–Kier alpha value is -1.52. The summed E-state index contributed by atoms with van der Waals surface area (Å²) in [6, 6.07) is 3.52. The van der Waals surface area contributed by atoms with Crippen molar-refractivity contribution in [3.63, 3.8) is 0 Å². The summed E-state index contributed by atoms with van der Waals surface area (Å²) in [5, 5.41) is 8.80. The molecule has 0 saturated carbocycles. The highest BCUT2D eigenvalue weighted by molar-refractivity contribution is 8.00. The van der Waals surface area contributed by atoms with E-state index in [1.54, 1.807) is 0 Å². The number of nitrogens with one attached hydrogen (secondary N) is 2. The summed E-state index contributed by atoms with van der Waals surface area (Å²) in [6.45, 7) is 1.29. The van der Waals surface area contributed by atoms with Crippen LogP contribution in [0.1, 0.15) is 22.2 Å². The molecule has 0 aliphatic rings. The SMILES string of the molecule is CSc1sc(C(=O)NNC(C)=O)cc1C#N. The molecule has 0 atom stereocenters. The predicted octanol–water partition coefficient (Wildman–Crippen LogP) is 1.12. The summed E-state index contributed by atoms with van der Waals surface area (Å²) in [7, 11) is 0. The first-order valence-corrected chi connectivity index (χ1v) is 6.27. The second-order valence-electron chi connectivity index (χ2n) is 2.76. The molecular formula is C9H9N3O2S2. The minimum Gasteiger partial charge on any atom is -0.274 e. The predicted molar refractivity (Wildman–Crippen MR) is 62.1 cm³/mol. The molecule has 0 aromatic carbocycles. The summed E-state index contributed by atoms with van der Waals surface area (Å²) in [4.78, 5) is 22.5. The van der Waals surface area contributed by atoms with Crippen LogP contribution in [0, 0.1) is 11.3 Å². The second kappa shape index (κ2) is 5.53. The molecule has 0 saturated heterocycles. The lowest BCUT2D eigenvalue weighted by Gasteiger charge is -2.01. The maximum Gasteiger partial charge on any atom is 0.279 e. The molecule has 1 heterocycles.